The summed E-state index contributed by atoms with van der Waals surface area (Å²) >= 11 is -2.55. The van der Waals surface area contributed by atoms with Crippen LogP contribution in [0.25, 0.3) is 0 Å². The van der Waals surface area contributed by atoms with Gasteiger partial charge in [0, 0.05) is 36.6 Å². The van der Waals surface area contributed by atoms with Crippen LogP contribution < -0.4 is 10.0 Å². The van der Waals surface area contributed by atoms with Gasteiger partial charge in [0.1, 0.15) is 0 Å². The van der Waals surface area contributed by atoms with Crippen molar-refractivity contribution in [3.05, 3.63) is 41.1 Å². The van der Waals surface area contributed by atoms with E-state index < -0.39 is 23.2 Å². The van der Waals surface area contributed by atoms with Crippen molar-refractivity contribution >= 4 is 28.8 Å². The van der Waals surface area contributed by atoms with Crippen LogP contribution in [0.15, 0.2) is 30.0 Å². The molecule has 2 atom stereocenters. The molecule has 1 fully saturated rings. The quantitative estimate of drug-likeness (QED) is 0.522. The fourth-order valence-corrected chi connectivity index (χ4v) is 4.00. The van der Waals surface area contributed by atoms with Crippen molar-refractivity contribution in [3.63, 3.8) is 0 Å². The molecule has 1 heterocycles. The molecule has 0 spiro atoms. The third-order valence-electron chi connectivity index (χ3n) is 5.20. The van der Waals surface area contributed by atoms with E-state index >= 15 is 0 Å². The van der Waals surface area contributed by atoms with E-state index in [2.05, 4.69) is 37.7 Å². The van der Waals surface area contributed by atoms with Gasteiger partial charge < -0.3 is 19.5 Å². The minimum Gasteiger partial charge on any atom is -0.755 e. The van der Waals surface area contributed by atoms with Crippen LogP contribution in [0.2, 0.25) is 0 Å². The second kappa shape index (κ2) is 10.0. The van der Waals surface area contributed by atoms with Crippen LogP contribution in [0.4, 0.5) is 5.69 Å². The van der Waals surface area contributed by atoms with Crippen LogP contribution in [0.5, 0.6) is 0 Å². The summed E-state index contributed by atoms with van der Waals surface area (Å²) in [7, 11) is 0. The van der Waals surface area contributed by atoms with E-state index in [4.69, 9.17) is 0 Å². The van der Waals surface area contributed by atoms with Gasteiger partial charge in [0.05, 0.1) is 11.6 Å². The lowest BCUT2D eigenvalue weighted by Gasteiger charge is -2.27. The Labute approximate surface area is 175 Å². The van der Waals surface area contributed by atoms with Crippen LogP contribution in [0.1, 0.15) is 70.4 Å². The Morgan fingerprint density at radius 3 is 2.28 bits per heavy atom. The van der Waals surface area contributed by atoms with Crippen LogP contribution in [-0.4, -0.2) is 38.1 Å². The number of nitrogens with zero attached hydrogens (tertiary/aromatic N) is 1. The number of carbonyl (C=O) groups is 2. The number of para-hydroxylation sites is 1. The van der Waals surface area contributed by atoms with Crippen molar-refractivity contribution in [2.45, 2.75) is 65.3 Å². The maximum absolute atomic E-state index is 13.3. The summed E-state index contributed by atoms with van der Waals surface area (Å²) in [6.07, 6.45) is 2.56. The molecular weight excluding hydrogens is 390 g/mol. The third-order valence-corrected chi connectivity index (χ3v) is 5.51. The highest BCUT2D eigenvalue weighted by Crippen LogP contribution is 2.33. The minimum atomic E-state index is -2.55. The number of amides is 2. The Kier molecular flexibility index (Phi) is 7.98. The monoisotopic (exact) mass is 420 g/mol. The van der Waals surface area contributed by atoms with E-state index in [-0.39, 0.29) is 23.3 Å². The van der Waals surface area contributed by atoms with Gasteiger partial charge in [0.15, 0.2) is 0 Å². The highest BCUT2D eigenvalue weighted by Gasteiger charge is 2.33. The van der Waals surface area contributed by atoms with E-state index in [1.54, 1.807) is 4.90 Å². The molecule has 1 aliphatic heterocycles. The molecule has 1 aliphatic rings. The van der Waals surface area contributed by atoms with Crippen molar-refractivity contribution in [1.82, 2.24) is 9.62 Å². The summed E-state index contributed by atoms with van der Waals surface area (Å²) in [5.41, 5.74) is 3.01. The Balaban J connectivity index is 2.44. The van der Waals surface area contributed by atoms with Gasteiger partial charge >= 0.3 is 0 Å². The Bertz CT molecular complexity index is 794. The first-order valence-electron chi connectivity index (χ1n) is 9.90. The van der Waals surface area contributed by atoms with Crippen molar-refractivity contribution in [1.29, 1.82) is 0 Å². The first-order valence-corrected chi connectivity index (χ1v) is 11.0. The molecule has 0 aromatic heterocycles. The molecule has 0 saturated carbocycles. The van der Waals surface area contributed by atoms with Crippen molar-refractivity contribution in [3.8, 4) is 0 Å². The lowest BCUT2D eigenvalue weighted by molar-refractivity contribution is -0.129. The lowest BCUT2D eigenvalue weighted by atomic mass is 9.92. The Hall–Kier alpha value is -2.19. The maximum Gasteiger partial charge on any atom is 0.255 e. The van der Waals surface area contributed by atoms with Gasteiger partial charge in [-0.15, -0.1) is 0 Å². The van der Waals surface area contributed by atoms with Crippen LogP contribution >= 0.6 is 0 Å². The standard InChI is InChI=1S/C21H31N3O4S/c1-13(2)16-8-6-9-17(14(3)4)20(16)23-21(26)18(12-22-29(27)28)19-10-7-11-24(19)15(5)25/h6,8-9,12-14,19,22H,7,10-11H2,1-5H3,(H,23,26)(H,27,28)/p-1. The van der Waals surface area contributed by atoms with Gasteiger partial charge in [-0.05, 0) is 35.8 Å². The molecule has 1 aromatic carbocycles. The first kappa shape index (κ1) is 23.1. The smallest absolute Gasteiger partial charge is 0.255 e. The van der Waals surface area contributed by atoms with E-state index in [9.17, 15) is 18.4 Å². The molecule has 29 heavy (non-hydrogen) atoms. The first-order chi connectivity index (χ1) is 13.6. The SMILES string of the molecule is CC(=O)N1CCCC1C(=CNS(=O)[O-])C(=O)Nc1c(C(C)C)cccc1C(C)C. The molecule has 7 nitrogen and oxygen atoms in total. The molecule has 2 unspecified atom stereocenters. The molecule has 1 saturated heterocycles. The van der Waals surface area contributed by atoms with E-state index in [1.165, 1.54) is 13.1 Å². The summed E-state index contributed by atoms with van der Waals surface area (Å²) in [5.74, 6) is -0.149. The number of benzene rings is 1. The number of likely N-dealkylation sites (tertiary alicyclic amines) is 1. The van der Waals surface area contributed by atoms with Gasteiger partial charge in [-0.3, -0.25) is 13.8 Å². The topological polar surface area (TPSA) is 102 Å². The minimum absolute atomic E-state index is 0.139. The number of carbonyl (C=O) groups excluding carboxylic acids is 2. The summed E-state index contributed by atoms with van der Waals surface area (Å²) in [6.45, 7) is 10.2. The van der Waals surface area contributed by atoms with Crippen molar-refractivity contribution in [2.24, 2.45) is 0 Å². The average Bonchev–Trinajstić information content (AvgIpc) is 3.11. The predicted molar refractivity (Wildman–Crippen MR) is 114 cm³/mol. The van der Waals surface area contributed by atoms with Crippen LogP contribution in [0, 0.1) is 0 Å². The zero-order chi connectivity index (χ0) is 21.7. The lowest BCUT2D eigenvalue weighted by Crippen LogP contribution is -2.39. The maximum atomic E-state index is 13.3. The number of rotatable bonds is 7. The zero-order valence-electron chi connectivity index (χ0n) is 17.7. The Morgan fingerprint density at radius 2 is 1.79 bits per heavy atom. The van der Waals surface area contributed by atoms with Gasteiger partial charge in [-0.25, -0.2) is 0 Å². The second-order valence-electron chi connectivity index (χ2n) is 7.90. The third kappa shape index (κ3) is 5.67. The summed E-state index contributed by atoms with van der Waals surface area (Å²) in [5, 5.41) is 3.02. The predicted octanol–water partition coefficient (Wildman–Crippen LogP) is 3.15. The molecule has 2 amide bonds. The zero-order valence-corrected chi connectivity index (χ0v) is 18.5. The summed E-state index contributed by atoms with van der Waals surface area (Å²) < 4.78 is 24.2. The molecule has 1 aromatic rings. The second-order valence-corrected chi connectivity index (χ2v) is 8.60. The Morgan fingerprint density at radius 1 is 1.21 bits per heavy atom. The van der Waals surface area contributed by atoms with Gasteiger partial charge in [0.2, 0.25) is 5.91 Å². The molecule has 0 radical (unpaired) electrons. The fourth-order valence-electron chi connectivity index (χ4n) is 3.77. The molecular formula is C21H30N3O4S-. The van der Waals surface area contributed by atoms with Crippen molar-refractivity contribution in [2.75, 3.05) is 11.9 Å². The van der Waals surface area contributed by atoms with Gasteiger partial charge in [-0.2, -0.15) is 0 Å². The molecule has 160 valence electrons. The molecule has 2 N–H and O–H groups in total. The average molecular weight is 421 g/mol. The van der Waals surface area contributed by atoms with E-state index in [0.717, 1.165) is 23.2 Å². The molecule has 8 heteroatoms. The normalized spacial score (nSPS) is 18.3. The summed E-state index contributed by atoms with van der Waals surface area (Å²) in [6, 6.07) is 5.49. The van der Waals surface area contributed by atoms with E-state index in [0.29, 0.717) is 13.0 Å². The molecule has 2 rings (SSSR count). The van der Waals surface area contributed by atoms with E-state index in [1.807, 2.05) is 18.2 Å². The van der Waals surface area contributed by atoms with Crippen LogP contribution in [-0.2, 0) is 20.9 Å². The van der Waals surface area contributed by atoms with Crippen molar-refractivity contribution < 1.29 is 18.4 Å². The number of anilines is 1. The summed E-state index contributed by atoms with van der Waals surface area (Å²) in [4.78, 5) is 26.9. The molecule has 0 bridgehead atoms. The number of nitrogens with one attached hydrogen (secondary N) is 2. The van der Waals surface area contributed by atoms with Crippen LogP contribution in [0.3, 0.4) is 0 Å². The molecule has 0 aliphatic carbocycles. The number of hydrogen-bond acceptors (Lipinski definition) is 4. The highest BCUT2D eigenvalue weighted by atomic mass is 32.2. The van der Waals surface area contributed by atoms with Gasteiger partial charge in [-0.1, -0.05) is 45.9 Å². The fraction of sp³-hybridized carbons (Fsp3) is 0.524. The highest BCUT2D eigenvalue weighted by molar-refractivity contribution is 7.77. The largest absolute Gasteiger partial charge is 0.755 e. The van der Waals surface area contributed by atoms with Gasteiger partial charge in [0.25, 0.3) is 5.91 Å². The number of hydrogen-bond donors (Lipinski definition) is 2.